The lowest BCUT2D eigenvalue weighted by Gasteiger charge is -2.02. The normalized spacial score (nSPS) is 11.2. The molecular formula is C12H13N5. The number of rotatable bonds is 1. The summed E-state index contributed by atoms with van der Waals surface area (Å²) in [6.45, 7) is 1.96. The number of anilines is 1. The first-order chi connectivity index (χ1) is 8.15. The molecule has 3 rings (SSSR count). The molecule has 17 heavy (non-hydrogen) atoms. The van der Waals surface area contributed by atoms with Gasteiger partial charge in [-0.2, -0.15) is 5.10 Å². The number of nitrogens with zero attached hydrogens (tertiary/aromatic N) is 4. The van der Waals surface area contributed by atoms with Crippen LogP contribution in [0.4, 0.5) is 5.69 Å². The zero-order valence-corrected chi connectivity index (χ0v) is 9.75. The van der Waals surface area contributed by atoms with E-state index in [1.165, 1.54) is 0 Å². The van der Waals surface area contributed by atoms with Crippen molar-refractivity contribution in [1.29, 1.82) is 0 Å². The van der Waals surface area contributed by atoms with Crippen LogP contribution in [0.3, 0.4) is 0 Å². The predicted octanol–water partition coefficient (Wildman–Crippen LogP) is 1.65. The highest BCUT2D eigenvalue weighted by molar-refractivity contribution is 5.81. The van der Waals surface area contributed by atoms with Gasteiger partial charge in [0, 0.05) is 25.0 Å². The molecule has 0 spiro atoms. The molecule has 0 bridgehead atoms. The molecule has 0 saturated carbocycles. The molecule has 3 aromatic rings. The first kappa shape index (κ1) is 9.89. The quantitative estimate of drug-likeness (QED) is 0.643. The van der Waals surface area contributed by atoms with Crippen LogP contribution >= 0.6 is 0 Å². The van der Waals surface area contributed by atoms with E-state index in [1.54, 1.807) is 4.68 Å². The van der Waals surface area contributed by atoms with Crippen LogP contribution in [-0.2, 0) is 7.05 Å². The molecule has 0 radical (unpaired) electrons. The molecule has 2 aromatic heterocycles. The van der Waals surface area contributed by atoms with Crippen molar-refractivity contribution in [1.82, 2.24) is 19.3 Å². The van der Waals surface area contributed by atoms with Crippen LogP contribution in [0.1, 0.15) is 5.82 Å². The maximum atomic E-state index is 5.76. The largest absolute Gasteiger partial charge is 0.399 e. The first-order valence-corrected chi connectivity index (χ1v) is 5.40. The summed E-state index contributed by atoms with van der Waals surface area (Å²) in [7, 11) is 1.90. The van der Waals surface area contributed by atoms with E-state index in [-0.39, 0.29) is 0 Å². The molecular weight excluding hydrogens is 214 g/mol. The molecule has 5 nitrogen and oxygen atoms in total. The molecule has 1 aromatic carbocycles. The maximum Gasteiger partial charge on any atom is 0.160 e. The smallest absolute Gasteiger partial charge is 0.160 e. The summed E-state index contributed by atoms with van der Waals surface area (Å²) in [6, 6.07) is 7.69. The highest BCUT2D eigenvalue weighted by Gasteiger charge is 2.10. The third kappa shape index (κ3) is 1.47. The van der Waals surface area contributed by atoms with Crippen molar-refractivity contribution in [2.75, 3.05) is 5.73 Å². The Hall–Kier alpha value is -2.30. The topological polar surface area (TPSA) is 61.7 Å². The van der Waals surface area contributed by atoms with Gasteiger partial charge >= 0.3 is 0 Å². The lowest BCUT2D eigenvalue weighted by Crippen LogP contribution is -1.99. The van der Waals surface area contributed by atoms with E-state index in [4.69, 9.17) is 5.73 Å². The number of hydrogen-bond acceptors (Lipinski definition) is 3. The van der Waals surface area contributed by atoms with Crippen LogP contribution < -0.4 is 5.73 Å². The number of aryl methyl sites for hydroxylation is 2. The molecule has 5 heteroatoms. The molecule has 0 unspecified atom stereocenters. The standard InChI is InChI=1S/C12H13N5/c1-8-14-10-7-9(13)3-4-11(10)17(8)12-5-6-16(2)15-12/h3-7H,13H2,1-2H3. The maximum absolute atomic E-state index is 5.76. The lowest BCUT2D eigenvalue weighted by atomic mass is 10.3. The van der Waals surface area contributed by atoms with Crippen LogP contribution in [-0.4, -0.2) is 19.3 Å². The molecule has 0 aliphatic rings. The Morgan fingerprint density at radius 3 is 2.76 bits per heavy atom. The summed E-state index contributed by atoms with van der Waals surface area (Å²) >= 11 is 0. The molecule has 0 aliphatic heterocycles. The number of fused-ring (bicyclic) bond motifs is 1. The minimum Gasteiger partial charge on any atom is -0.399 e. The van der Waals surface area contributed by atoms with Gasteiger partial charge in [0.1, 0.15) is 5.82 Å². The van der Waals surface area contributed by atoms with Crippen molar-refractivity contribution in [3.63, 3.8) is 0 Å². The zero-order chi connectivity index (χ0) is 12.0. The van der Waals surface area contributed by atoms with E-state index in [9.17, 15) is 0 Å². The summed E-state index contributed by atoms with van der Waals surface area (Å²) in [5, 5.41) is 4.39. The van der Waals surface area contributed by atoms with Gasteiger partial charge in [-0.15, -0.1) is 0 Å². The first-order valence-electron chi connectivity index (χ1n) is 5.40. The van der Waals surface area contributed by atoms with Gasteiger partial charge in [-0.1, -0.05) is 0 Å². The number of imidazole rings is 1. The second kappa shape index (κ2) is 3.35. The average molecular weight is 227 g/mol. The van der Waals surface area contributed by atoms with Crippen molar-refractivity contribution in [2.45, 2.75) is 6.92 Å². The van der Waals surface area contributed by atoms with Crippen molar-refractivity contribution >= 4 is 16.7 Å². The number of hydrogen-bond donors (Lipinski definition) is 1. The Morgan fingerprint density at radius 1 is 1.24 bits per heavy atom. The Morgan fingerprint density at radius 2 is 2.06 bits per heavy atom. The molecule has 0 saturated heterocycles. The Balaban J connectivity index is 2.32. The second-order valence-electron chi connectivity index (χ2n) is 4.09. The Labute approximate surface area is 98.5 Å². The fraction of sp³-hybridized carbons (Fsp3) is 0.167. The van der Waals surface area contributed by atoms with Crippen LogP contribution in [0.2, 0.25) is 0 Å². The van der Waals surface area contributed by atoms with Gasteiger partial charge in [-0.3, -0.25) is 9.25 Å². The number of benzene rings is 1. The van der Waals surface area contributed by atoms with E-state index < -0.39 is 0 Å². The number of nitrogen functional groups attached to an aromatic ring is 1. The number of aromatic nitrogens is 4. The highest BCUT2D eigenvalue weighted by atomic mass is 15.3. The molecule has 0 fully saturated rings. The van der Waals surface area contributed by atoms with E-state index >= 15 is 0 Å². The van der Waals surface area contributed by atoms with Crippen LogP contribution in [0.25, 0.3) is 16.9 Å². The van der Waals surface area contributed by atoms with Gasteiger partial charge in [-0.25, -0.2) is 4.98 Å². The van der Waals surface area contributed by atoms with Crippen LogP contribution in [0.5, 0.6) is 0 Å². The molecule has 0 amide bonds. The molecule has 86 valence electrons. The van der Waals surface area contributed by atoms with Crippen molar-refractivity contribution in [2.24, 2.45) is 7.05 Å². The molecule has 0 aliphatic carbocycles. The second-order valence-corrected chi connectivity index (χ2v) is 4.09. The molecule has 2 heterocycles. The number of nitrogens with two attached hydrogens (primary N) is 1. The van der Waals surface area contributed by atoms with Gasteiger partial charge in [0.15, 0.2) is 5.82 Å². The van der Waals surface area contributed by atoms with Crippen molar-refractivity contribution < 1.29 is 0 Å². The predicted molar refractivity (Wildman–Crippen MR) is 67.0 cm³/mol. The van der Waals surface area contributed by atoms with E-state index in [1.807, 2.05) is 49.0 Å². The van der Waals surface area contributed by atoms with Gasteiger partial charge in [0.05, 0.1) is 11.0 Å². The summed E-state index contributed by atoms with van der Waals surface area (Å²) in [5.74, 6) is 1.78. The summed E-state index contributed by atoms with van der Waals surface area (Å²) in [4.78, 5) is 4.49. The highest BCUT2D eigenvalue weighted by Crippen LogP contribution is 2.21. The van der Waals surface area contributed by atoms with E-state index in [2.05, 4.69) is 10.1 Å². The van der Waals surface area contributed by atoms with Crippen LogP contribution in [0.15, 0.2) is 30.5 Å². The minimum absolute atomic E-state index is 0.725. The van der Waals surface area contributed by atoms with Gasteiger partial charge in [0.2, 0.25) is 0 Å². The average Bonchev–Trinajstić information content (AvgIpc) is 2.80. The molecule has 0 atom stereocenters. The third-order valence-corrected chi connectivity index (χ3v) is 2.77. The fourth-order valence-corrected chi connectivity index (χ4v) is 2.03. The monoisotopic (exact) mass is 227 g/mol. The summed E-state index contributed by atoms with van der Waals surface area (Å²) in [6.07, 6.45) is 1.91. The SMILES string of the molecule is Cc1nc2cc(N)ccc2n1-c1ccn(C)n1. The fourth-order valence-electron chi connectivity index (χ4n) is 2.03. The van der Waals surface area contributed by atoms with Crippen molar-refractivity contribution in [3.05, 3.63) is 36.3 Å². The third-order valence-electron chi connectivity index (χ3n) is 2.77. The summed E-state index contributed by atoms with van der Waals surface area (Å²) < 4.78 is 3.80. The lowest BCUT2D eigenvalue weighted by molar-refractivity contribution is 0.750. The minimum atomic E-state index is 0.725. The van der Waals surface area contributed by atoms with Crippen LogP contribution in [0, 0.1) is 6.92 Å². The molecule has 2 N–H and O–H groups in total. The zero-order valence-electron chi connectivity index (χ0n) is 9.75. The van der Waals surface area contributed by atoms with Gasteiger partial charge in [-0.05, 0) is 25.1 Å². The van der Waals surface area contributed by atoms with E-state index in [0.717, 1.165) is 28.4 Å². The van der Waals surface area contributed by atoms with E-state index in [0.29, 0.717) is 0 Å². The van der Waals surface area contributed by atoms with Crippen molar-refractivity contribution in [3.8, 4) is 5.82 Å². The van der Waals surface area contributed by atoms with Gasteiger partial charge in [0.25, 0.3) is 0 Å². The van der Waals surface area contributed by atoms with Gasteiger partial charge < -0.3 is 5.73 Å². The Kier molecular flexibility index (Phi) is 1.95. The summed E-state index contributed by atoms with van der Waals surface area (Å²) in [5.41, 5.74) is 8.40. The Bertz CT molecular complexity index is 692.